The summed E-state index contributed by atoms with van der Waals surface area (Å²) in [5.41, 5.74) is 2.38. The Balaban J connectivity index is 1.71. The Labute approximate surface area is 156 Å². The lowest BCUT2D eigenvalue weighted by Crippen LogP contribution is -2.16. The number of ether oxygens (including phenoxy) is 1. The number of amides is 1. The molecule has 7 heteroatoms. The zero-order valence-corrected chi connectivity index (χ0v) is 15.0. The number of halogens is 1. The number of aryl methyl sites for hydroxylation is 1. The molecule has 0 atom stereocenters. The fourth-order valence-electron chi connectivity index (χ4n) is 2.44. The average molecular weight is 366 g/mol. The number of aromatic nitrogens is 2. The van der Waals surface area contributed by atoms with Gasteiger partial charge in [-0.15, -0.1) is 0 Å². The fourth-order valence-corrected chi connectivity index (χ4v) is 2.44. The standard InChI is InChI=1S/C20H19FN4O2/c1-13-10-18(19(26)24-16-4-3-5-17(11-16)27-2)25-20(23-13)22-12-14-6-8-15(21)9-7-14/h3-11H,12H2,1-2H3,(H,24,26)(H,22,23,25). The van der Waals surface area contributed by atoms with Crippen LogP contribution in [0, 0.1) is 12.7 Å². The molecule has 0 radical (unpaired) electrons. The van der Waals surface area contributed by atoms with E-state index in [1.54, 1.807) is 56.5 Å². The lowest BCUT2D eigenvalue weighted by Gasteiger charge is -2.10. The van der Waals surface area contributed by atoms with Gasteiger partial charge in [0.25, 0.3) is 5.91 Å². The molecule has 0 aliphatic carbocycles. The molecule has 2 aromatic carbocycles. The minimum atomic E-state index is -0.349. The van der Waals surface area contributed by atoms with E-state index in [0.29, 0.717) is 29.6 Å². The fraction of sp³-hybridized carbons (Fsp3) is 0.150. The predicted molar refractivity (Wildman–Crippen MR) is 101 cm³/mol. The quantitative estimate of drug-likeness (QED) is 0.694. The summed E-state index contributed by atoms with van der Waals surface area (Å²) >= 11 is 0. The third-order valence-electron chi connectivity index (χ3n) is 3.78. The number of methoxy groups -OCH3 is 1. The molecule has 3 aromatic rings. The van der Waals surface area contributed by atoms with E-state index in [2.05, 4.69) is 20.6 Å². The molecule has 1 amide bonds. The third kappa shape index (κ3) is 5.01. The molecular formula is C20H19FN4O2. The second kappa shape index (κ2) is 8.27. The Morgan fingerprint density at radius 2 is 1.89 bits per heavy atom. The van der Waals surface area contributed by atoms with Crippen LogP contribution in [-0.4, -0.2) is 23.0 Å². The first-order valence-corrected chi connectivity index (χ1v) is 8.33. The SMILES string of the molecule is COc1cccc(NC(=O)c2cc(C)nc(NCc3ccc(F)cc3)n2)c1. The van der Waals surface area contributed by atoms with Crippen molar-refractivity contribution in [3.63, 3.8) is 0 Å². The largest absolute Gasteiger partial charge is 0.497 e. The van der Waals surface area contributed by atoms with Crippen LogP contribution in [0.2, 0.25) is 0 Å². The van der Waals surface area contributed by atoms with Gasteiger partial charge in [0.15, 0.2) is 0 Å². The van der Waals surface area contributed by atoms with Gasteiger partial charge in [0, 0.05) is 24.0 Å². The van der Waals surface area contributed by atoms with Crippen molar-refractivity contribution in [3.8, 4) is 5.75 Å². The van der Waals surface area contributed by atoms with Crippen molar-refractivity contribution in [2.45, 2.75) is 13.5 Å². The van der Waals surface area contributed by atoms with Crippen LogP contribution >= 0.6 is 0 Å². The number of benzene rings is 2. The zero-order valence-electron chi connectivity index (χ0n) is 15.0. The van der Waals surface area contributed by atoms with Gasteiger partial charge in [0.2, 0.25) is 5.95 Å². The van der Waals surface area contributed by atoms with Crippen molar-refractivity contribution in [1.82, 2.24) is 9.97 Å². The van der Waals surface area contributed by atoms with Crippen molar-refractivity contribution in [2.75, 3.05) is 17.7 Å². The smallest absolute Gasteiger partial charge is 0.274 e. The van der Waals surface area contributed by atoms with Crippen LogP contribution in [0.25, 0.3) is 0 Å². The normalized spacial score (nSPS) is 10.3. The Bertz CT molecular complexity index is 945. The van der Waals surface area contributed by atoms with Gasteiger partial charge in [0.05, 0.1) is 7.11 Å². The summed E-state index contributed by atoms with van der Waals surface area (Å²) in [6.45, 7) is 2.20. The predicted octanol–water partition coefficient (Wildman–Crippen LogP) is 3.80. The van der Waals surface area contributed by atoms with Gasteiger partial charge in [-0.1, -0.05) is 18.2 Å². The highest BCUT2D eigenvalue weighted by Gasteiger charge is 2.11. The molecule has 2 N–H and O–H groups in total. The summed E-state index contributed by atoms with van der Waals surface area (Å²) in [6.07, 6.45) is 0. The van der Waals surface area contributed by atoms with E-state index in [4.69, 9.17) is 4.74 Å². The van der Waals surface area contributed by atoms with Crippen molar-refractivity contribution < 1.29 is 13.9 Å². The monoisotopic (exact) mass is 366 g/mol. The molecule has 0 fully saturated rings. The maximum Gasteiger partial charge on any atom is 0.274 e. The maximum absolute atomic E-state index is 13.0. The molecule has 0 spiro atoms. The summed E-state index contributed by atoms with van der Waals surface area (Å²) < 4.78 is 18.1. The molecular weight excluding hydrogens is 347 g/mol. The van der Waals surface area contributed by atoms with Crippen molar-refractivity contribution in [2.24, 2.45) is 0 Å². The van der Waals surface area contributed by atoms with Gasteiger partial charge in [-0.25, -0.2) is 14.4 Å². The summed E-state index contributed by atoms with van der Waals surface area (Å²) in [7, 11) is 1.56. The summed E-state index contributed by atoms with van der Waals surface area (Å²) in [5.74, 6) is 0.337. The van der Waals surface area contributed by atoms with Gasteiger partial charge in [0.1, 0.15) is 17.3 Å². The molecule has 0 saturated carbocycles. The molecule has 0 saturated heterocycles. The molecule has 0 unspecified atom stereocenters. The van der Waals surface area contributed by atoms with Gasteiger partial charge in [-0.2, -0.15) is 0 Å². The van der Waals surface area contributed by atoms with Crippen LogP contribution < -0.4 is 15.4 Å². The lowest BCUT2D eigenvalue weighted by molar-refractivity contribution is 0.102. The third-order valence-corrected chi connectivity index (χ3v) is 3.78. The van der Waals surface area contributed by atoms with Gasteiger partial charge in [-0.05, 0) is 42.8 Å². The van der Waals surface area contributed by atoms with Crippen LogP contribution in [-0.2, 0) is 6.54 Å². The van der Waals surface area contributed by atoms with E-state index < -0.39 is 0 Å². The van der Waals surface area contributed by atoms with E-state index in [1.807, 2.05) is 0 Å². The molecule has 0 aliphatic rings. The van der Waals surface area contributed by atoms with Gasteiger partial charge >= 0.3 is 0 Å². The first-order valence-electron chi connectivity index (χ1n) is 8.33. The summed E-state index contributed by atoms with van der Waals surface area (Å²) in [6, 6.07) is 14.8. The Hall–Kier alpha value is -3.48. The highest BCUT2D eigenvalue weighted by atomic mass is 19.1. The number of carbonyl (C=O) groups is 1. The van der Waals surface area contributed by atoms with Gasteiger partial charge < -0.3 is 15.4 Å². The summed E-state index contributed by atoms with van der Waals surface area (Å²) in [5, 5.41) is 5.84. The highest BCUT2D eigenvalue weighted by Crippen LogP contribution is 2.17. The van der Waals surface area contributed by atoms with Crippen molar-refractivity contribution in [1.29, 1.82) is 0 Å². The van der Waals surface area contributed by atoms with Crippen LogP contribution in [0.5, 0.6) is 5.75 Å². The molecule has 3 rings (SSSR count). The van der Waals surface area contributed by atoms with Crippen molar-refractivity contribution >= 4 is 17.5 Å². The number of rotatable bonds is 6. The van der Waals surface area contributed by atoms with Gasteiger partial charge in [-0.3, -0.25) is 4.79 Å². The molecule has 6 nitrogen and oxygen atoms in total. The van der Waals surface area contributed by atoms with Crippen molar-refractivity contribution in [3.05, 3.63) is 77.4 Å². The first kappa shape index (κ1) is 18.3. The lowest BCUT2D eigenvalue weighted by atomic mass is 10.2. The van der Waals surface area contributed by atoms with Crippen LogP contribution in [0.15, 0.2) is 54.6 Å². The minimum Gasteiger partial charge on any atom is -0.497 e. The number of anilines is 2. The number of hydrogen-bond acceptors (Lipinski definition) is 5. The van der Waals surface area contributed by atoms with E-state index in [-0.39, 0.29) is 17.4 Å². The average Bonchev–Trinajstić information content (AvgIpc) is 2.67. The Morgan fingerprint density at radius 3 is 2.63 bits per heavy atom. The number of carbonyl (C=O) groups excluding carboxylic acids is 1. The first-order chi connectivity index (χ1) is 13.0. The molecule has 1 aromatic heterocycles. The Morgan fingerprint density at radius 1 is 1.11 bits per heavy atom. The maximum atomic E-state index is 13.0. The summed E-state index contributed by atoms with van der Waals surface area (Å²) in [4.78, 5) is 21.1. The topological polar surface area (TPSA) is 76.1 Å². The van der Waals surface area contributed by atoms with E-state index in [9.17, 15) is 9.18 Å². The molecule has 0 bridgehead atoms. The highest BCUT2D eigenvalue weighted by molar-refractivity contribution is 6.03. The van der Waals surface area contributed by atoms with Crippen LogP contribution in [0.1, 0.15) is 21.7 Å². The molecule has 27 heavy (non-hydrogen) atoms. The number of hydrogen-bond donors (Lipinski definition) is 2. The van der Waals surface area contributed by atoms with E-state index >= 15 is 0 Å². The second-order valence-electron chi connectivity index (χ2n) is 5.88. The molecule has 1 heterocycles. The molecule has 0 aliphatic heterocycles. The Kier molecular flexibility index (Phi) is 5.61. The second-order valence-corrected chi connectivity index (χ2v) is 5.88. The number of nitrogens with zero attached hydrogens (tertiary/aromatic N) is 2. The van der Waals surface area contributed by atoms with E-state index in [0.717, 1.165) is 5.56 Å². The number of nitrogens with one attached hydrogen (secondary N) is 2. The van der Waals surface area contributed by atoms with Crippen LogP contribution in [0.3, 0.4) is 0 Å². The van der Waals surface area contributed by atoms with E-state index in [1.165, 1.54) is 12.1 Å². The van der Waals surface area contributed by atoms with Crippen LogP contribution in [0.4, 0.5) is 16.0 Å². The zero-order chi connectivity index (χ0) is 19.2. The molecule has 138 valence electrons. The minimum absolute atomic E-state index is 0.243.